The van der Waals surface area contributed by atoms with Crippen LogP contribution in [0.25, 0.3) is 0 Å². The Balaban J connectivity index is 1.89. The Morgan fingerprint density at radius 1 is 0.571 bits per heavy atom. The lowest BCUT2D eigenvalue weighted by Gasteiger charge is -2.27. The van der Waals surface area contributed by atoms with Gasteiger partial charge in [-0.25, -0.2) is 4.79 Å². The molecule has 49 heavy (non-hydrogen) atoms. The Labute approximate surface area is 299 Å². The van der Waals surface area contributed by atoms with Crippen LogP contribution in [0.4, 0.5) is 0 Å². The van der Waals surface area contributed by atoms with Crippen molar-refractivity contribution >= 4 is 5.97 Å². The maximum Gasteiger partial charge on any atom is 0.330 e. The number of cyclic esters (lactones) is 1. The van der Waals surface area contributed by atoms with Crippen molar-refractivity contribution in [2.45, 2.75) is 229 Å². The molecule has 0 bridgehead atoms. The smallest absolute Gasteiger partial charge is 0.330 e. The summed E-state index contributed by atoms with van der Waals surface area (Å²) in [5.41, 5.74) is 0. The average molecular weight is 697 g/mol. The van der Waals surface area contributed by atoms with Gasteiger partial charge in [-0.3, -0.25) is 0 Å². The molecule has 0 aliphatic carbocycles. The summed E-state index contributed by atoms with van der Waals surface area (Å²) >= 11 is 0. The van der Waals surface area contributed by atoms with Gasteiger partial charge in [0.1, 0.15) is 12.2 Å². The lowest BCUT2D eigenvalue weighted by atomic mass is 9.95. The van der Waals surface area contributed by atoms with Crippen molar-refractivity contribution in [2.75, 3.05) is 0 Å². The van der Waals surface area contributed by atoms with Gasteiger partial charge in [-0.15, -0.1) is 0 Å². The van der Waals surface area contributed by atoms with Gasteiger partial charge in [-0.2, -0.15) is 0 Å². The summed E-state index contributed by atoms with van der Waals surface area (Å²) in [6, 6.07) is 0. The first-order valence-corrected chi connectivity index (χ1v) is 20.3. The van der Waals surface area contributed by atoms with E-state index in [1.165, 1.54) is 134 Å². The zero-order valence-electron chi connectivity index (χ0n) is 31.1. The van der Waals surface area contributed by atoms with Crippen LogP contribution in [0, 0.1) is 0 Å². The molecule has 1 aliphatic heterocycles. The number of esters is 1. The van der Waals surface area contributed by atoms with Crippen LogP contribution < -0.4 is 0 Å². The van der Waals surface area contributed by atoms with E-state index in [0.29, 0.717) is 6.42 Å². The predicted molar refractivity (Wildman–Crippen MR) is 199 cm³/mol. The van der Waals surface area contributed by atoms with Crippen molar-refractivity contribution in [1.29, 1.82) is 0 Å². The third-order valence-corrected chi connectivity index (χ3v) is 9.81. The molecule has 0 aromatic rings. The third-order valence-electron chi connectivity index (χ3n) is 9.81. The van der Waals surface area contributed by atoms with Gasteiger partial charge in [-0.1, -0.05) is 135 Å². The highest BCUT2D eigenvalue weighted by Gasteiger charge is 2.29. The fourth-order valence-corrected chi connectivity index (χ4v) is 6.82. The maximum absolute atomic E-state index is 11.3. The molecular formula is C41H76O8. The second-order valence-corrected chi connectivity index (χ2v) is 14.8. The fourth-order valence-electron chi connectivity index (χ4n) is 6.82. The average Bonchev–Trinajstić information content (AvgIpc) is 3.04. The number of rotatable bonds is 34. The Hall–Kier alpha value is -1.29. The van der Waals surface area contributed by atoms with Crippen LogP contribution in [0.15, 0.2) is 24.3 Å². The monoisotopic (exact) mass is 697 g/mol. The van der Waals surface area contributed by atoms with Gasteiger partial charge in [-0.05, 0) is 63.9 Å². The van der Waals surface area contributed by atoms with Gasteiger partial charge < -0.3 is 35.4 Å². The largest absolute Gasteiger partial charge is 0.456 e. The van der Waals surface area contributed by atoms with E-state index in [4.69, 9.17) is 4.74 Å². The minimum atomic E-state index is -1.03. The van der Waals surface area contributed by atoms with Crippen LogP contribution in [0.2, 0.25) is 0 Å². The quantitative estimate of drug-likeness (QED) is 0.0225. The van der Waals surface area contributed by atoms with Crippen molar-refractivity contribution < 1.29 is 40.2 Å². The van der Waals surface area contributed by atoms with Crippen molar-refractivity contribution in [3.05, 3.63) is 24.3 Å². The van der Waals surface area contributed by atoms with E-state index < -0.39 is 48.7 Å². The lowest BCUT2D eigenvalue weighted by molar-refractivity contribution is -0.151. The van der Waals surface area contributed by atoms with Crippen molar-refractivity contribution in [1.82, 2.24) is 0 Å². The second kappa shape index (κ2) is 31.4. The molecule has 0 aromatic heterocycles. The van der Waals surface area contributed by atoms with E-state index in [0.717, 1.165) is 18.9 Å². The van der Waals surface area contributed by atoms with Crippen LogP contribution in [-0.2, 0) is 9.53 Å². The maximum atomic E-state index is 11.3. The molecule has 8 heteroatoms. The Morgan fingerprint density at radius 3 is 1.43 bits per heavy atom. The number of unbranched alkanes of at least 4 members (excludes halogenated alkanes) is 20. The van der Waals surface area contributed by atoms with Gasteiger partial charge in [0, 0.05) is 12.5 Å². The first kappa shape index (κ1) is 45.7. The van der Waals surface area contributed by atoms with Gasteiger partial charge in [0.05, 0.1) is 30.5 Å². The Morgan fingerprint density at radius 2 is 0.959 bits per heavy atom. The van der Waals surface area contributed by atoms with E-state index in [1.54, 1.807) is 0 Å². The number of carbonyl (C=O) groups excluding carboxylic acids is 1. The van der Waals surface area contributed by atoms with Gasteiger partial charge >= 0.3 is 5.97 Å². The molecule has 288 valence electrons. The van der Waals surface area contributed by atoms with Crippen LogP contribution >= 0.6 is 0 Å². The summed E-state index contributed by atoms with van der Waals surface area (Å²) in [5, 5.41) is 61.2. The van der Waals surface area contributed by atoms with Crippen molar-refractivity contribution in [2.24, 2.45) is 0 Å². The summed E-state index contributed by atoms with van der Waals surface area (Å²) in [7, 11) is 0. The highest BCUT2D eigenvalue weighted by atomic mass is 16.6. The molecule has 6 N–H and O–H groups in total. The van der Waals surface area contributed by atoms with E-state index in [2.05, 4.69) is 19.1 Å². The number of hydrogen-bond acceptors (Lipinski definition) is 8. The van der Waals surface area contributed by atoms with E-state index in [9.17, 15) is 35.4 Å². The first-order chi connectivity index (χ1) is 23.7. The summed E-state index contributed by atoms with van der Waals surface area (Å²) in [5.74, 6) is -0.589. The minimum Gasteiger partial charge on any atom is -0.456 e. The van der Waals surface area contributed by atoms with Gasteiger partial charge in [0.2, 0.25) is 0 Å². The van der Waals surface area contributed by atoms with Crippen LogP contribution in [0.3, 0.4) is 0 Å². The molecule has 1 aliphatic rings. The van der Waals surface area contributed by atoms with Gasteiger partial charge in [0.15, 0.2) is 0 Å². The predicted octanol–water partition coefficient (Wildman–Crippen LogP) is 8.13. The van der Waals surface area contributed by atoms with Crippen LogP contribution in [0.5, 0.6) is 0 Å². The van der Waals surface area contributed by atoms with Crippen molar-refractivity contribution in [3.63, 3.8) is 0 Å². The molecule has 0 saturated heterocycles. The number of aliphatic hydroxyl groups is 6. The van der Waals surface area contributed by atoms with Crippen LogP contribution in [0.1, 0.15) is 187 Å². The zero-order valence-corrected chi connectivity index (χ0v) is 31.1. The summed E-state index contributed by atoms with van der Waals surface area (Å²) in [4.78, 5) is 11.3. The summed E-state index contributed by atoms with van der Waals surface area (Å²) in [6.45, 7) is 2.28. The summed E-state index contributed by atoms with van der Waals surface area (Å²) < 4.78 is 5.00. The minimum absolute atomic E-state index is 0.0308. The molecule has 1 rings (SSSR count). The zero-order chi connectivity index (χ0) is 36.0. The SMILES string of the molecule is CCCCCCCCCCCCC=CCCCCCCCCCCCC[C@@H](O)C[C@H](O)C[C@H](O)C[C@H](O)C[C@H](O)C[C@@H]1OC(=O)C=C[C@@H]1O. The number of hydrogen-bond donors (Lipinski definition) is 6. The fraction of sp³-hybridized carbons (Fsp3) is 0.878. The molecule has 7 atom stereocenters. The molecule has 0 amide bonds. The van der Waals surface area contributed by atoms with E-state index in [1.807, 2.05) is 0 Å². The molecule has 0 fully saturated rings. The molecule has 0 spiro atoms. The molecular weight excluding hydrogens is 620 g/mol. The van der Waals surface area contributed by atoms with E-state index >= 15 is 0 Å². The molecule has 0 saturated carbocycles. The number of aliphatic hydroxyl groups excluding tert-OH is 6. The highest BCUT2D eigenvalue weighted by molar-refractivity contribution is 5.83. The van der Waals surface area contributed by atoms with E-state index in [-0.39, 0.29) is 32.1 Å². The molecule has 8 nitrogen and oxygen atoms in total. The molecule has 0 unspecified atom stereocenters. The highest BCUT2D eigenvalue weighted by Crippen LogP contribution is 2.20. The third kappa shape index (κ3) is 28.0. The topological polar surface area (TPSA) is 148 Å². The molecule has 1 heterocycles. The molecule has 0 aromatic carbocycles. The Kier molecular flexibility index (Phi) is 29.3. The Bertz CT molecular complexity index is 817. The molecule has 0 radical (unpaired) electrons. The van der Waals surface area contributed by atoms with Gasteiger partial charge in [0.25, 0.3) is 0 Å². The number of allylic oxidation sites excluding steroid dienone is 2. The number of ether oxygens (including phenoxy) is 1. The summed E-state index contributed by atoms with van der Waals surface area (Å²) in [6.07, 6.45) is 30.3. The standard InChI is InChI=1S/C41H76O8/c1-2-3-4-5-6-7-8-9-10-11-12-13-14-15-16-17-18-19-20-21-22-23-24-25-26-34(42)29-35(43)30-36(44)31-37(45)32-38(46)33-40-39(47)27-28-41(48)49-40/h13-14,27-28,34-40,42-47H,2-12,15-26,29-33H2,1H3/t34-,35+,36+,37+,38+,39+,40+/m1/s1. The van der Waals surface area contributed by atoms with Crippen LogP contribution in [-0.4, -0.2) is 79.3 Å². The lowest BCUT2D eigenvalue weighted by Crippen LogP contribution is -2.37. The first-order valence-electron chi connectivity index (χ1n) is 20.3. The normalized spacial score (nSPS) is 19.6. The number of carbonyl (C=O) groups is 1. The van der Waals surface area contributed by atoms with Crippen molar-refractivity contribution in [3.8, 4) is 0 Å². The second-order valence-electron chi connectivity index (χ2n) is 14.8.